The van der Waals surface area contributed by atoms with E-state index in [1.165, 1.54) is 12.8 Å². The first-order chi connectivity index (χ1) is 9.61. The molecule has 20 heavy (non-hydrogen) atoms. The lowest BCUT2D eigenvalue weighted by Gasteiger charge is -2.24. The van der Waals surface area contributed by atoms with E-state index in [1.54, 1.807) is 12.1 Å². The number of aliphatic hydroxyl groups is 1. The lowest BCUT2D eigenvalue weighted by atomic mass is 10.1. The molecule has 1 aromatic rings. The molecule has 110 valence electrons. The maximum Gasteiger partial charge on any atom is 0.270 e. The van der Waals surface area contributed by atoms with Crippen molar-refractivity contribution >= 4 is 21.6 Å². The number of nitro benzene ring substituents is 1. The number of nitrogens with zero attached hydrogens (tertiary/aromatic N) is 2. The van der Waals surface area contributed by atoms with Crippen LogP contribution in [-0.2, 0) is 6.54 Å². The number of benzene rings is 1. The van der Waals surface area contributed by atoms with Gasteiger partial charge in [-0.25, -0.2) is 0 Å². The minimum atomic E-state index is -0.381. The van der Waals surface area contributed by atoms with Gasteiger partial charge in [-0.15, -0.1) is 0 Å². The van der Waals surface area contributed by atoms with Gasteiger partial charge in [-0.05, 0) is 43.9 Å². The molecule has 1 aliphatic heterocycles. The van der Waals surface area contributed by atoms with Crippen LogP contribution in [0.4, 0.5) is 5.69 Å². The molecule has 0 aromatic heterocycles. The Morgan fingerprint density at radius 2 is 2.30 bits per heavy atom. The summed E-state index contributed by atoms with van der Waals surface area (Å²) in [5, 5.41) is 19.7. The SMILES string of the molecule is O=[N+]([O-])c1ccc(CN2CCCC2CCCO)c(Br)c1. The molecule has 1 unspecified atom stereocenters. The van der Waals surface area contributed by atoms with Gasteiger partial charge in [0.05, 0.1) is 4.92 Å². The van der Waals surface area contributed by atoms with E-state index in [4.69, 9.17) is 5.11 Å². The summed E-state index contributed by atoms with van der Waals surface area (Å²) in [5.41, 5.74) is 1.19. The molecule has 0 radical (unpaired) electrons. The highest BCUT2D eigenvalue weighted by molar-refractivity contribution is 9.10. The van der Waals surface area contributed by atoms with E-state index in [-0.39, 0.29) is 17.2 Å². The molecule has 1 heterocycles. The second kappa shape index (κ2) is 7.15. The molecule has 1 fully saturated rings. The van der Waals surface area contributed by atoms with Crippen molar-refractivity contribution in [3.8, 4) is 0 Å². The average Bonchev–Trinajstić information content (AvgIpc) is 2.85. The minimum Gasteiger partial charge on any atom is -0.396 e. The highest BCUT2D eigenvalue weighted by Gasteiger charge is 2.24. The zero-order chi connectivity index (χ0) is 14.5. The Labute approximate surface area is 126 Å². The van der Waals surface area contributed by atoms with Gasteiger partial charge in [-0.2, -0.15) is 0 Å². The monoisotopic (exact) mass is 342 g/mol. The van der Waals surface area contributed by atoms with Gasteiger partial charge in [-0.3, -0.25) is 15.0 Å². The van der Waals surface area contributed by atoms with E-state index >= 15 is 0 Å². The molecule has 6 heteroatoms. The van der Waals surface area contributed by atoms with Crippen molar-refractivity contribution in [1.29, 1.82) is 0 Å². The predicted octanol–water partition coefficient (Wildman–Crippen LogP) is 3.09. The Balaban J connectivity index is 2.03. The number of hydrogen-bond donors (Lipinski definition) is 1. The number of halogens is 1. The molecule has 0 saturated carbocycles. The van der Waals surface area contributed by atoms with Gasteiger partial charge in [0.25, 0.3) is 5.69 Å². The van der Waals surface area contributed by atoms with Crippen LogP contribution in [0.2, 0.25) is 0 Å². The summed E-state index contributed by atoms with van der Waals surface area (Å²) in [6.07, 6.45) is 4.20. The molecule has 1 atom stereocenters. The summed E-state index contributed by atoms with van der Waals surface area (Å²) in [7, 11) is 0. The molecule has 0 bridgehead atoms. The third-order valence-electron chi connectivity index (χ3n) is 3.82. The molecule has 2 rings (SSSR count). The summed E-state index contributed by atoms with van der Waals surface area (Å²) in [4.78, 5) is 12.8. The number of likely N-dealkylation sites (tertiary alicyclic amines) is 1. The zero-order valence-electron chi connectivity index (χ0n) is 11.3. The standard InChI is InChI=1S/C14H19BrN2O3/c15-14-9-13(17(19)20)6-5-11(14)10-16-7-1-3-12(16)4-2-8-18/h5-6,9,12,18H,1-4,7-8,10H2. The van der Waals surface area contributed by atoms with Crippen molar-refractivity contribution in [2.24, 2.45) is 0 Å². The summed E-state index contributed by atoms with van der Waals surface area (Å²) in [5.74, 6) is 0. The summed E-state index contributed by atoms with van der Waals surface area (Å²) >= 11 is 3.42. The van der Waals surface area contributed by atoms with Gasteiger partial charge in [0.1, 0.15) is 0 Å². The predicted molar refractivity (Wildman–Crippen MR) is 80.5 cm³/mol. The van der Waals surface area contributed by atoms with Gasteiger partial charge in [0, 0.05) is 35.8 Å². The lowest BCUT2D eigenvalue weighted by Crippen LogP contribution is -2.29. The smallest absolute Gasteiger partial charge is 0.270 e. The molecular weight excluding hydrogens is 324 g/mol. The molecular formula is C14H19BrN2O3. The Kier molecular flexibility index (Phi) is 5.51. The fourth-order valence-electron chi connectivity index (χ4n) is 2.75. The largest absolute Gasteiger partial charge is 0.396 e. The van der Waals surface area contributed by atoms with Crippen molar-refractivity contribution in [1.82, 2.24) is 4.90 Å². The Morgan fingerprint density at radius 3 is 2.95 bits per heavy atom. The van der Waals surface area contributed by atoms with Crippen LogP contribution in [-0.4, -0.2) is 34.1 Å². The number of hydrogen-bond acceptors (Lipinski definition) is 4. The maximum atomic E-state index is 10.7. The summed E-state index contributed by atoms with van der Waals surface area (Å²) < 4.78 is 0.791. The maximum absolute atomic E-state index is 10.7. The molecule has 0 aliphatic carbocycles. The van der Waals surface area contributed by atoms with Crippen LogP contribution in [0.25, 0.3) is 0 Å². The topological polar surface area (TPSA) is 66.6 Å². The van der Waals surface area contributed by atoms with Gasteiger partial charge in [0.2, 0.25) is 0 Å². The first-order valence-corrected chi connectivity index (χ1v) is 7.69. The normalized spacial score (nSPS) is 19.4. The first kappa shape index (κ1) is 15.4. The van der Waals surface area contributed by atoms with Crippen molar-refractivity contribution in [2.75, 3.05) is 13.2 Å². The van der Waals surface area contributed by atoms with Gasteiger partial charge < -0.3 is 5.11 Å². The average molecular weight is 343 g/mol. The summed E-state index contributed by atoms with van der Waals surface area (Å²) in [6, 6.07) is 5.46. The zero-order valence-corrected chi connectivity index (χ0v) is 12.9. The van der Waals surface area contributed by atoms with Crippen LogP contribution >= 0.6 is 15.9 Å². The van der Waals surface area contributed by atoms with Gasteiger partial charge in [-0.1, -0.05) is 15.9 Å². The van der Waals surface area contributed by atoms with E-state index in [0.29, 0.717) is 6.04 Å². The Morgan fingerprint density at radius 1 is 1.50 bits per heavy atom. The van der Waals surface area contributed by atoms with Crippen molar-refractivity contribution in [3.63, 3.8) is 0 Å². The van der Waals surface area contributed by atoms with Crippen LogP contribution in [0.3, 0.4) is 0 Å². The number of nitro groups is 1. The molecule has 1 aromatic carbocycles. The number of rotatable bonds is 6. The molecule has 1 N–H and O–H groups in total. The van der Waals surface area contributed by atoms with E-state index < -0.39 is 0 Å². The molecule has 5 nitrogen and oxygen atoms in total. The molecule has 0 amide bonds. The van der Waals surface area contributed by atoms with Crippen molar-refractivity contribution in [2.45, 2.75) is 38.3 Å². The van der Waals surface area contributed by atoms with Crippen LogP contribution in [0.1, 0.15) is 31.2 Å². The van der Waals surface area contributed by atoms with Crippen LogP contribution in [0.15, 0.2) is 22.7 Å². The van der Waals surface area contributed by atoms with E-state index in [2.05, 4.69) is 20.8 Å². The quantitative estimate of drug-likeness (QED) is 0.637. The Hall–Kier alpha value is -0.980. The van der Waals surface area contributed by atoms with Crippen LogP contribution in [0.5, 0.6) is 0 Å². The number of aliphatic hydroxyl groups excluding tert-OH is 1. The van der Waals surface area contributed by atoms with E-state index in [9.17, 15) is 10.1 Å². The molecule has 0 spiro atoms. The summed E-state index contributed by atoms with van der Waals surface area (Å²) in [6.45, 7) is 2.10. The minimum absolute atomic E-state index is 0.110. The van der Waals surface area contributed by atoms with Crippen LogP contribution in [0, 0.1) is 10.1 Å². The Bertz CT molecular complexity index is 481. The number of non-ortho nitro benzene ring substituents is 1. The fourth-order valence-corrected chi connectivity index (χ4v) is 3.25. The third-order valence-corrected chi connectivity index (χ3v) is 4.55. The van der Waals surface area contributed by atoms with Crippen molar-refractivity contribution in [3.05, 3.63) is 38.3 Å². The molecule has 1 aliphatic rings. The lowest BCUT2D eigenvalue weighted by molar-refractivity contribution is -0.384. The van der Waals surface area contributed by atoms with Gasteiger partial charge >= 0.3 is 0 Å². The highest BCUT2D eigenvalue weighted by atomic mass is 79.9. The van der Waals surface area contributed by atoms with Crippen molar-refractivity contribution < 1.29 is 10.0 Å². The second-order valence-corrected chi connectivity index (χ2v) is 6.02. The first-order valence-electron chi connectivity index (χ1n) is 6.89. The second-order valence-electron chi connectivity index (χ2n) is 5.17. The van der Waals surface area contributed by atoms with Gasteiger partial charge in [0.15, 0.2) is 0 Å². The molecule has 1 saturated heterocycles. The third kappa shape index (κ3) is 3.77. The highest BCUT2D eigenvalue weighted by Crippen LogP contribution is 2.28. The van der Waals surface area contributed by atoms with E-state index in [1.807, 2.05) is 6.07 Å². The fraction of sp³-hybridized carbons (Fsp3) is 0.571. The van der Waals surface area contributed by atoms with Crippen LogP contribution < -0.4 is 0 Å². The van der Waals surface area contributed by atoms with E-state index in [0.717, 1.165) is 36.0 Å².